The van der Waals surface area contributed by atoms with E-state index in [9.17, 15) is 0 Å². The molecule has 0 saturated carbocycles. The molecular formula is C42H88N2O2. The van der Waals surface area contributed by atoms with Gasteiger partial charge in [-0.2, -0.15) is 0 Å². The van der Waals surface area contributed by atoms with E-state index in [1.807, 2.05) is 0 Å². The van der Waals surface area contributed by atoms with Crippen LogP contribution in [0.3, 0.4) is 0 Å². The zero-order chi connectivity index (χ0) is 33.4. The maximum atomic E-state index is 6.26. The van der Waals surface area contributed by atoms with Crippen LogP contribution in [0, 0.1) is 0 Å². The van der Waals surface area contributed by atoms with E-state index in [1.54, 1.807) is 0 Å². The maximum absolute atomic E-state index is 6.26. The van der Waals surface area contributed by atoms with Crippen molar-refractivity contribution >= 4 is 0 Å². The number of nitrogens with one attached hydrogen (secondary N) is 1. The van der Waals surface area contributed by atoms with Crippen LogP contribution >= 0.6 is 0 Å². The smallest absolute Gasteiger partial charge is 0.157 e. The Morgan fingerprint density at radius 2 is 0.717 bits per heavy atom. The number of ether oxygens (including phenoxy) is 2. The molecule has 0 amide bonds. The van der Waals surface area contributed by atoms with Crippen molar-refractivity contribution in [1.82, 2.24) is 10.2 Å². The van der Waals surface area contributed by atoms with Gasteiger partial charge in [-0.1, -0.05) is 181 Å². The van der Waals surface area contributed by atoms with Gasteiger partial charge in [0.1, 0.15) is 0 Å². The molecule has 0 aromatic heterocycles. The molecule has 0 atom stereocenters. The number of rotatable bonds is 41. The predicted octanol–water partition coefficient (Wildman–Crippen LogP) is 13.0. The number of hydrogen-bond donors (Lipinski definition) is 1. The lowest BCUT2D eigenvalue weighted by Gasteiger charge is -2.22. The van der Waals surface area contributed by atoms with E-state index in [4.69, 9.17) is 9.47 Å². The summed E-state index contributed by atoms with van der Waals surface area (Å²) in [6, 6.07) is 0. The van der Waals surface area contributed by atoms with Crippen LogP contribution in [0.2, 0.25) is 0 Å². The second-order valence-electron chi connectivity index (χ2n) is 14.5. The Balaban J connectivity index is 4.02. The number of hydrogen-bond acceptors (Lipinski definition) is 4. The maximum Gasteiger partial charge on any atom is 0.157 e. The minimum Gasteiger partial charge on any atom is -0.353 e. The molecular weight excluding hydrogens is 564 g/mol. The fourth-order valence-corrected chi connectivity index (χ4v) is 6.54. The van der Waals surface area contributed by atoms with Crippen molar-refractivity contribution in [2.24, 2.45) is 0 Å². The van der Waals surface area contributed by atoms with Crippen LogP contribution < -0.4 is 5.32 Å². The predicted molar refractivity (Wildman–Crippen MR) is 206 cm³/mol. The second kappa shape index (κ2) is 41.0. The zero-order valence-electron chi connectivity index (χ0n) is 32.5. The molecule has 0 aliphatic rings. The highest BCUT2D eigenvalue weighted by Crippen LogP contribution is 2.15. The van der Waals surface area contributed by atoms with E-state index < -0.39 is 0 Å². The lowest BCUT2D eigenvalue weighted by Crippen LogP contribution is -2.32. The van der Waals surface area contributed by atoms with Gasteiger partial charge >= 0.3 is 0 Å². The fraction of sp³-hybridized carbons (Fsp3) is 1.00. The number of likely N-dealkylation sites (N-methyl/N-ethyl adjacent to an activating group) is 1. The summed E-state index contributed by atoms with van der Waals surface area (Å²) in [6.45, 7) is 13.4. The van der Waals surface area contributed by atoms with E-state index in [-0.39, 0.29) is 6.29 Å². The second-order valence-corrected chi connectivity index (χ2v) is 14.5. The average Bonchev–Trinajstić information content (AvgIpc) is 3.07. The Kier molecular flexibility index (Phi) is 40.9. The van der Waals surface area contributed by atoms with Crippen molar-refractivity contribution in [2.75, 3.05) is 46.4 Å². The molecule has 0 aliphatic heterocycles. The first-order valence-electron chi connectivity index (χ1n) is 21.4. The van der Waals surface area contributed by atoms with Crippen LogP contribution in [0.5, 0.6) is 0 Å². The first-order valence-corrected chi connectivity index (χ1v) is 21.4. The van der Waals surface area contributed by atoms with E-state index in [2.05, 4.69) is 38.0 Å². The first kappa shape index (κ1) is 45.8. The Morgan fingerprint density at radius 1 is 0.391 bits per heavy atom. The Labute approximate surface area is 291 Å². The summed E-state index contributed by atoms with van der Waals surface area (Å²) < 4.78 is 12.5. The highest BCUT2D eigenvalue weighted by atomic mass is 16.7. The molecule has 0 aromatic carbocycles. The van der Waals surface area contributed by atoms with Gasteiger partial charge in [0.05, 0.1) is 0 Å². The van der Waals surface area contributed by atoms with Gasteiger partial charge in [-0.15, -0.1) is 0 Å². The Bertz CT molecular complexity index is 514. The van der Waals surface area contributed by atoms with Gasteiger partial charge in [0.15, 0.2) is 6.29 Å². The molecule has 0 rings (SSSR count). The standard InChI is InChI=1S/C42H88N2O2/c1-5-8-11-14-17-18-19-20-21-22-23-24-26-31-37-44(39-36-43-4)38-32-27-25-30-35-42(45-40-33-28-15-12-9-6-2)46-41-34-29-16-13-10-7-3/h42-43H,5-41H2,1-4H3. The summed E-state index contributed by atoms with van der Waals surface area (Å²) in [7, 11) is 2.09. The largest absolute Gasteiger partial charge is 0.353 e. The van der Waals surface area contributed by atoms with Gasteiger partial charge in [-0.05, 0) is 58.7 Å². The van der Waals surface area contributed by atoms with E-state index in [0.717, 1.165) is 26.2 Å². The number of unbranched alkanes of at least 4 members (excludes halogenated alkanes) is 26. The van der Waals surface area contributed by atoms with E-state index in [0.29, 0.717) is 0 Å². The van der Waals surface area contributed by atoms with Crippen LogP contribution in [-0.4, -0.2) is 57.6 Å². The summed E-state index contributed by atoms with van der Waals surface area (Å²) >= 11 is 0. The molecule has 0 saturated heterocycles. The van der Waals surface area contributed by atoms with Crippen LogP contribution in [0.4, 0.5) is 0 Å². The van der Waals surface area contributed by atoms with Crippen LogP contribution in [0.1, 0.15) is 220 Å². The highest BCUT2D eigenvalue weighted by molar-refractivity contribution is 4.61. The van der Waals surface area contributed by atoms with Gasteiger partial charge < -0.3 is 19.7 Å². The monoisotopic (exact) mass is 653 g/mol. The summed E-state index contributed by atoms with van der Waals surface area (Å²) in [5, 5.41) is 3.37. The van der Waals surface area contributed by atoms with E-state index in [1.165, 1.54) is 212 Å². The van der Waals surface area contributed by atoms with Crippen molar-refractivity contribution < 1.29 is 9.47 Å². The highest BCUT2D eigenvalue weighted by Gasteiger charge is 2.10. The van der Waals surface area contributed by atoms with Crippen molar-refractivity contribution in [3.8, 4) is 0 Å². The summed E-state index contributed by atoms with van der Waals surface area (Å²) in [4.78, 5) is 2.72. The fourth-order valence-electron chi connectivity index (χ4n) is 6.54. The van der Waals surface area contributed by atoms with Crippen LogP contribution in [0.25, 0.3) is 0 Å². The molecule has 278 valence electrons. The van der Waals surface area contributed by atoms with Gasteiger partial charge in [-0.25, -0.2) is 0 Å². The van der Waals surface area contributed by atoms with Crippen molar-refractivity contribution in [1.29, 1.82) is 0 Å². The van der Waals surface area contributed by atoms with Crippen molar-refractivity contribution in [2.45, 2.75) is 226 Å². The van der Waals surface area contributed by atoms with Gasteiger partial charge in [0, 0.05) is 26.3 Å². The van der Waals surface area contributed by atoms with Gasteiger partial charge in [0.25, 0.3) is 0 Å². The molecule has 0 spiro atoms. The molecule has 0 bridgehead atoms. The Morgan fingerprint density at radius 3 is 1.09 bits per heavy atom. The first-order chi connectivity index (χ1) is 22.8. The molecule has 0 radical (unpaired) electrons. The third kappa shape index (κ3) is 36.7. The lowest BCUT2D eigenvalue weighted by molar-refractivity contribution is -0.148. The van der Waals surface area contributed by atoms with Crippen LogP contribution in [-0.2, 0) is 9.47 Å². The van der Waals surface area contributed by atoms with Crippen molar-refractivity contribution in [3.63, 3.8) is 0 Å². The topological polar surface area (TPSA) is 33.7 Å². The lowest BCUT2D eigenvalue weighted by atomic mass is 10.0. The third-order valence-corrected chi connectivity index (χ3v) is 9.77. The van der Waals surface area contributed by atoms with Crippen LogP contribution in [0.15, 0.2) is 0 Å². The van der Waals surface area contributed by atoms with Crippen molar-refractivity contribution in [3.05, 3.63) is 0 Å². The summed E-state index contributed by atoms with van der Waals surface area (Å²) in [6.07, 6.45) is 42.2. The molecule has 4 nitrogen and oxygen atoms in total. The Hall–Kier alpha value is -0.160. The minimum atomic E-state index is 0.0127. The third-order valence-electron chi connectivity index (χ3n) is 9.77. The van der Waals surface area contributed by atoms with Gasteiger partial charge in [-0.3, -0.25) is 0 Å². The van der Waals surface area contributed by atoms with Gasteiger partial charge in [0.2, 0.25) is 0 Å². The molecule has 1 N–H and O–H groups in total. The summed E-state index contributed by atoms with van der Waals surface area (Å²) in [5.41, 5.74) is 0. The average molecular weight is 653 g/mol. The molecule has 0 unspecified atom stereocenters. The van der Waals surface area contributed by atoms with E-state index >= 15 is 0 Å². The molecule has 46 heavy (non-hydrogen) atoms. The molecule has 0 fully saturated rings. The summed E-state index contributed by atoms with van der Waals surface area (Å²) in [5.74, 6) is 0. The minimum absolute atomic E-state index is 0.0127. The normalized spacial score (nSPS) is 11.9. The molecule has 0 aromatic rings. The number of nitrogens with zero attached hydrogens (tertiary/aromatic N) is 1. The molecule has 0 heterocycles. The SMILES string of the molecule is CCCCCCCCCCCCCCCCN(CCCCCCC(OCCCCCCCC)OCCCCCCCC)CCNC. The quantitative estimate of drug-likeness (QED) is 0.0526. The zero-order valence-corrected chi connectivity index (χ0v) is 32.5. The molecule has 4 heteroatoms. The molecule has 0 aliphatic carbocycles.